The fraction of sp³-hybridized carbons (Fsp3) is 0.542. The van der Waals surface area contributed by atoms with Gasteiger partial charge < -0.3 is 20.3 Å². The maximum Gasteiger partial charge on any atom is 0.319 e. The van der Waals surface area contributed by atoms with Crippen LogP contribution in [0.4, 0.5) is 16.4 Å². The lowest BCUT2D eigenvalue weighted by Gasteiger charge is -2.33. The van der Waals surface area contributed by atoms with Gasteiger partial charge in [0, 0.05) is 48.5 Å². The highest BCUT2D eigenvalue weighted by Crippen LogP contribution is 2.38. The van der Waals surface area contributed by atoms with Crippen LogP contribution in [0.5, 0.6) is 0 Å². The fourth-order valence-electron chi connectivity index (χ4n) is 4.65. The van der Waals surface area contributed by atoms with Crippen molar-refractivity contribution in [3.8, 4) is 11.3 Å². The van der Waals surface area contributed by atoms with Crippen LogP contribution in [0.2, 0.25) is 0 Å². The average Bonchev–Trinajstić information content (AvgIpc) is 3.73. The van der Waals surface area contributed by atoms with Crippen LogP contribution in [0, 0.1) is 0 Å². The van der Waals surface area contributed by atoms with Gasteiger partial charge in [0.1, 0.15) is 0 Å². The van der Waals surface area contributed by atoms with Crippen molar-refractivity contribution in [1.29, 1.82) is 0 Å². The lowest BCUT2D eigenvalue weighted by atomic mass is 10.1. The van der Waals surface area contributed by atoms with Crippen molar-refractivity contribution in [2.75, 3.05) is 30.0 Å². The van der Waals surface area contributed by atoms with Gasteiger partial charge >= 0.3 is 6.03 Å². The zero-order valence-electron chi connectivity index (χ0n) is 18.5. The number of ether oxygens (including phenoxy) is 1. The van der Waals surface area contributed by atoms with Gasteiger partial charge in [-0.1, -0.05) is 12.1 Å². The first-order valence-corrected chi connectivity index (χ1v) is 11.8. The van der Waals surface area contributed by atoms with Gasteiger partial charge in [-0.2, -0.15) is 0 Å². The van der Waals surface area contributed by atoms with Crippen molar-refractivity contribution in [3.05, 3.63) is 35.5 Å². The minimum absolute atomic E-state index is 0.133. The van der Waals surface area contributed by atoms with Gasteiger partial charge in [0.15, 0.2) is 0 Å². The molecule has 3 fully saturated rings. The van der Waals surface area contributed by atoms with Crippen LogP contribution in [0.1, 0.15) is 43.9 Å². The van der Waals surface area contributed by atoms with E-state index in [2.05, 4.69) is 39.5 Å². The Kier molecular flexibility index (Phi) is 4.99. The molecule has 0 radical (unpaired) electrons. The summed E-state index contributed by atoms with van der Waals surface area (Å²) < 4.78 is 5.63. The Balaban J connectivity index is 1.30. The molecule has 1 aromatic heterocycles. The Hall–Kier alpha value is -2.71. The van der Waals surface area contributed by atoms with Gasteiger partial charge in [-0.15, -0.1) is 0 Å². The molecule has 6 rings (SSSR count). The standard InChI is InChI=1S/C24H30N6O2/c1-15-14-32-11-10-30(15)23-27-21-13-29(19-8-9-19)12-20(21)22(28-23)16-2-4-17(5-3-16)25-24(31)26-18-6-7-18/h2-5,15,18-19H,6-14H2,1H3,(H2,25,26,31)/t15-/m0/s1. The van der Waals surface area contributed by atoms with Crippen molar-refractivity contribution in [2.45, 2.75) is 63.8 Å². The van der Waals surface area contributed by atoms with Crippen LogP contribution in [-0.4, -0.2) is 58.8 Å². The molecule has 0 spiro atoms. The second-order valence-electron chi connectivity index (χ2n) is 9.50. The molecule has 3 heterocycles. The number of hydrogen-bond donors (Lipinski definition) is 2. The predicted octanol–water partition coefficient (Wildman–Crippen LogP) is 3.13. The van der Waals surface area contributed by atoms with Gasteiger partial charge in [-0.25, -0.2) is 14.8 Å². The molecular formula is C24H30N6O2. The largest absolute Gasteiger partial charge is 0.377 e. The van der Waals surface area contributed by atoms with E-state index in [0.717, 1.165) is 61.1 Å². The Bertz CT molecular complexity index is 1020. The maximum atomic E-state index is 12.1. The van der Waals surface area contributed by atoms with E-state index in [-0.39, 0.29) is 12.1 Å². The molecule has 2 amide bonds. The Morgan fingerprint density at radius 1 is 1.09 bits per heavy atom. The molecule has 2 aromatic rings. The second-order valence-corrected chi connectivity index (χ2v) is 9.50. The highest BCUT2D eigenvalue weighted by atomic mass is 16.5. The number of nitrogens with zero attached hydrogens (tertiary/aromatic N) is 4. The zero-order chi connectivity index (χ0) is 21.7. The van der Waals surface area contributed by atoms with Gasteiger partial charge in [-0.05, 0) is 44.7 Å². The Morgan fingerprint density at radius 3 is 2.62 bits per heavy atom. The molecule has 4 aliphatic rings. The first-order chi connectivity index (χ1) is 15.6. The summed E-state index contributed by atoms with van der Waals surface area (Å²) in [4.78, 5) is 27.0. The van der Waals surface area contributed by atoms with Crippen LogP contribution < -0.4 is 15.5 Å². The molecule has 0 bridgehead atoms. The van der Waals surface area contributed by atoms with E-state index < -0.39 is 0 Å². The molecule has 1 aromatic carbocycles. The summed E-state index contributed by atoms with van der Waals surface area (Å²) in [6.45, 7) is 6.20. The molecule has 2 aliphatic heterocycles. The summed E-state index contributed by atoms with van der Waals surface area (Å²) in [5.41, 5.74) is 5.27. The number of aromatic nitrogens is 2. The smallest absolute Gasteiger partial charge is 0.319 e. The predicted molar refractivity (Wildman–Crippen MR) is 123 cm³/mol. The highest BCUT2D eigenvalue weighted by molar-refractivity contribution is 5.90. The fourth-order valence-corrected chi connectivity index (χ4v) is 4.65. The third kappa shape index (κ3) is 4.04. The van der Waals surface area contributed by atoms with Crippen molar-refractivity contribution >= 4 is 17.7 Å². The number of urea groups is 1. The minimum atomic E-state index is -0.133. The van der Waals surface area contributed by atoms with Gasteiger partial charge in [-0.3, -0.25) is 4.90 Å². The van der Waals surface area contributed by atoms with E-state index in [1.165, 1.54) is 18.4 Å². The number of amides is 2. The lowest BCUT2D eigenvalue weighted by Crippen LogP contribution is -2.44. The molecular weight excluding hydrogens is 404 g/mol. The number of nitrogens with one attached hydrogen (secondary N) is 2. The normalized spacial score (nSPS) is 23.2. The van der Waals surface area contributed by atoms with E-state index in [4.69, 9.17) is 14.7 Å². The third-order valence-corrected chi connectivity index (χ3v) is 6.81. The van der Waals surface area contributed by atoms with Crippen molar-refractivity contribution in [1.82, 2.24) is 20.2 Å². The number of rotatable bonds is 5. The summed E-state index contributed by atoms with van der Waals surface area (Å²) in [6, 6.07) is 9.19. The average molecular weight is 435 g/mol. The lowest BCUT2D eigenvalue weighted by molar-refractivity contribution is 0.0980. The number of morpholine rings is 1. The number of benzene rings is 1. The molecule has 2 saturated carbocycles. The molecule has 168 valence electrons. The first-order valence-electron chi connectivity index (χ1n) is 11.8. The van der Waals surface area contributed by atoms with Crippen LogP contribution in [0.15, 0.2) is 24.3 Å². The van der Waals surface area contributed by atoms with Crippen LogP contribution >= 0.6 is 0 Å². The number of carbonyl (C=O) groups excluding carboxylic acids is 1. The molecule has 1 saturated heterocycles. The number of carbonyl (C=O) groups is 1. The summed E-state index contributed by atoms with van der Waals surface area (Å²) in [6.07, 6.45) is 4.72. The second kappa shape index (κ2) is 8.01. The maximum absolute atomic E-state index is 12.1. The summed E-state index contributed by atoms with van der Waals surface area (Å²) in [5.74, 6) is 0.804. The first kappa shape index (κ1) is 19.9. The van der Waals surface area contributed by atoms with Crippen LogP contribution in [-0.2, 0) is 17.8 Å². The molecule has 32 heavy (non-hydrogen) atoms. The van der Waals surface area contributed by atoms with Crippen molar-refractivity contribution < 1.29 is 9.53 Å². The van der Waals surface area contributed by atoms with Gasteiger partial charge in [0.2, 0.25) is 5.95 Å². The topological polar surface area (TPSA) is 82.6 Å². The summed E-state index contributed by atoms with van der Waals surface area (Å²) >= 11 is 0. The van der Waals surface area contributed by atoms with E-state index >= 15 is 0 Å². The SMILES string of the molecule is C[C@H]1COCCN1c1nc2c(c(-c3ccc(NC(=O)NC4CC4)cc3)n1)CN(C1CC1)C2. The van der Waals surface area contributed by atoms with Crippen LogP contribution in [0.25, 0.3) is 11.3 Å². The molecule has 8 heteroatoms. The summed E-state index contributed by atoms with van der Waals surface area (Å²) in [5, 5.41) is 5.89. The van der Waals surface area contributed by atoms with Crippen LogP contribution in [0.3, 0.4) is 0 Å². The van der Waals surface area contributed by atoms with E-state index in [1.807, 2.05) is 12.1 Å². The molecule has 1 atom stereocenters. The van der Waals surface area contributed by atoms with Crippen molar-refractivity contribution in [3.63, 3.8) is 0 Å². The Morgan fingerprint density at radius 2 is 1.91 bits per heavy atom. The molecule has 2 aliphatic carbocycles. The molecule has 8 nitrogen and oxygen atoms in total. The highest BCUT2D eigenvalue weighted by Gasteiger charge is 2.36. The van der Waals surface area contributed by atoms with E-state index in [0.29, 0.717) is 25.3 Å². The number of fused-ring (bicyclic) bond motifs is 1. The van der Waals surface area contributed by atoms with Crippen molar-refractivity contribution in [2.24, 2.45) is 0 Å². The molecule has 2 N–H and O–H groups in total. The quantitative estimate of drug-likeness (QED) is 0.752. The minimum Gasteiger partial charge on any atom is -0.377 e. The van der Waals surface area contributed by atoms with E-state index in [1.54, 1.807) is 0 Å². The zero-order valence-corrected chi connectivity index (χ0v) is 18.5. The Labute approximate surface area is 188 Å². The number of hydrogen-bond acceptors (Lipinski definition) is 6. The van der Waals surface area contributed by atoms with E-state index in [9.17, 15) is 4.79 Å². The van der Waals surface area contributed by atoms with Gasteiger partial charge in [0.05, 0.1) is 30.6 Å². The van der Waals surface area contributed by atoms with Gasteiger partial charge in [0.25, 0.3) is 0 Å². The number of anilines is 2. The molecule has 0 unspecified atom stereocenters. The monoisotopic (exact) mass is 434 g/mol. The summed E-state index contributed by atoms with van der Waals surface area (Å²) in [7, 11) is 0. The third-order valence-electron chi connectivity index (χ3n) is 6.81.